The number of hydrogen-bond acceptors (Lipinski definition) is 3. The third kappa shape index (κ3) is 3.32. The first kappa shape index (κ1) is 11.7. The second kappa shape index (κ2) is 5.50. The number of thiophene rings is 1. The molecule has 0 atom stereocenters. The van der Waals surface area contributed by atoms with Crippen LogP contribution in [-0.4, -0.2) is 5.71 Å². The molecule has 3 nitrogen and oxygen atoms in total. The molecule has 0 unspecified atom stereocenters. The van der Waals surface area contributed by atoms with Crippen molar-refractivity contribution in [3.05, 3.63) is 52.9 Å². The number of rotatable bonds is 3. The molecule has 0 radical (unpaired) electrons. The predicted octanol–water partition coefficient (Wildman–Crippen LogP) is 4.56. The van der Waals surface area contributed by atoms with Crippen LogP contribution >= 0.6 is 11.3 Å². The van der Waals surface area contributed by atoms with Gasteiger partial charge in [-0.1, -0.05) is 30.3 Å². The van der Waals surface area contributed by atoms with Crippen molar-refractivity contribution in [1.82, 2.24) is 0 Å². The molecule has 0 aliphatic carbocycles. The fraction of sp³-hybridized carbons (Fsp3) is 0.154. The van der Waals surface area contributed by atoms with E-state index in [-0.39, 0.29) is 0 Å². The topological polar surface area (TPSA) is 37.1 Å². The van der Waals surface area contributed by atoms with Gasteiger partial charge in [-0.2, -0.15) is 0 Å². The Kier molecular flexibility index (Phi) is 3.77. The van der Waals surface area contributed by atoms with Gasteiger partial charge in [0.05, 0.1) is 5.71 Å². The normalized spacial score (nSPS) is 12.2. The third-order valence-corrected chi connectivity index (χ3v) is 3.14. The molecule has 0 N–H and O–H groups in total. The van der Waals surface area contributed by atoms with Crippen LogP contribution in [0.1, 0.15) is 17.4 Å². The van der Waals surface area contributed by atoms with Crippen molar-refractivity contribution in [1.29, 1.82) is 0 Å². The second-order valence-corrected chi connectivity index (χ2v) is 4.89. The monoisotopic (exact) mass is 243 g/mol. The van der Waals surface area contributed by atoms with Gasteiger partial charge in [-0.15, -0.1) is 21.6 Å². The molecule has 4 heteroatoms. The van der Waals surface area contributed by atoms with Crippen molar-refractivity contribution < 1.29 is 0 Å². The molecule has 0 aliphatic rings. The van der Waals surface area contributed by atoms with Gasteiger partial charge >= 0.3 is 0 Å². The molecule has 0 saturated heterocycles. The van der Waals surface area contributed by atoms with E-state index in [2.05, 4.69) is 15.4 Å². The maximum atomic E-state index is 4.08. The highest BCUT2D eigenvalue weighted by Gasteiger charge is 1.95. The molecule has 2 rings (SSSR count). The number of nitrogens with zero attached hydrogens (tertiary/aromatic N) is 3. The van der Waals surface area contributed by atoms with Crippen molar-refractivity contribution in [2.75, 3.05) is 0 Å². The Balaban J connectivity index is 2.08. The van der Waals surface area contributed by atoms with Crippen LogP contribution < -0.4 is 0 Å². The molecule has 0 aliphatic heterocycles. The Hall–Kier alpha value is -1.81. The summed E-state index contributed by atoms with van der Waals surface area (Å²) < 4.78 is 0. The van der Waals surface area contributed by atoms with Crippen LogP contribution in [0.5, 0.6) is 0 Å². The maximum Gasteiger partial charge on any atom is 0.140 e. The maximum absolute atomic E-state index is 4.08. The fourth-order valence-corrected chi connectivity index (χ4v) is 2.03. The Morgan fingerprint density at radius 2 is 1.82 bits per heavy atom. The van der Waals surface area contributed by atoms with Gasteiger partial charge in [0.15, 0.2) is 0 Å². The summed E-state index contributed by atoms with van der Waals surface area (Å²) in [7, 11) is 0. The first-order chi connectivity index (χ1) is 8.25. The summed E-state index contributed by atoms with van der Waals surface area (Å²) in [6.45, 7) is 3.97. The Morgan fingerprint density at radius 1 is 1.06 bits per heavy atom. The molecule has 0 fully saturated rings. The lowest BCUT2D eigenvalue weighted by atomic mass is 10.1. The molecule has 0 bridgehead atoms. The van der Waals surface area contributed by atoms with Crippen molar-refractivity contribution in [2.45, 2.75) is 13.8 Å². The molecule has 86 valence electrons. The van der Waals surface area contributed by atoms with Gasteiger partial charge in [0, 0.05) is 4.88 Å². The summed E-state index contributed by atoms with van der Waals surface area (Å²) in [6.07, 6.45) is 0. The lowest BCUT2D eigenvalue weighted by Gasteiger charge is -1.95. The molecule has 0 spiro atoms. The Morgan fingerprint density at radius 3 is 2.47 bits per heavy atom. The summed E-state index contributed by atoms with van der Waals surface area (Å²) >= 11 is 1.61. The van der Waals surface area contributed by atoms with Crippen molar-refractivity contribution in [3.8, 4) is 0 Å². The van der Waals surface area contributed by atoms with Gasteiger partial charge in [0.25, 0.3) is 0 Å². The quantitative estimate of drug-likeness (QED) is 0.430. The van der Waals surface area contributed by atoms with Crippen LogP contribution in [0.15, 0.2) is 57.9 Å². The molecular formula is C13H13N3S. The Labute approximate surface area is 105 Å². The second-order valence-electron chi connectivity index (χ2n) is 3.63. The van der Waals surface area contributed by atoms with Crippen LogP contribution in [0.4, 0.5) is 5.00 Å². The van der Waals surface area contributed by atoms with E-state index in [0.29, 0.717) is 0 Å². The molecule has 1 aromatic heterocycles. The van der Waals surface area contributed by atoms with E-state index in [4.69, 9.17) is 0 Å². The fourth-order valence-electron chi connectivity index (χ4n) is 1.35. The highest BCUT2D eigenvalue weighted by molar-refractivity contribution is 7.15. The first-order valence-electron chi connectivity index (χ1n) is 5.33. The summed E-state index contributed by atoms with van der Waals surface area (Å²) in [6, 6.07) is 13.9. The minimum Gasteiger partial charge on any atom is -0.135 e. The SMILES string of the molecule is CC(=NN=Nc1ccc(C)s1)c1ccccc1. The van der Waals surface area contributed by atoms with E-state index >= 15 is 0 Å². The summed E-state index contributed by atoms with van der Waals surface area (Å²) in [5, 5.41) is 12.9. The molecule has 0 saturated carbocycles. The van der Waals surface area contributed by atoms with Crippen LogP contribution in [0.2, 0.25) is 0 Å². The Bertz CT molecular complexity index is 541. The van der Waals surface area contributed by atoms with E-state index in [0.717, 1.165) is 16.3 Å². The van der Waals surface area contributed by atoms with Gasteiger partial charge in [-0.25, -0.2) is 0 Å². The lowest BCUT2D eigenvalue weighted by Crippen LogP contribution is -1.91. The minimum atomic E-state index is 0.864. The highest BCUT2D eigenvalue weighted by atomic mass is 32.1. The average Bonchev–Trinajstić information content (AvgIpc) is 2.76. The van der Waals surface area contributed by atoms with E-state index in [1.165, 1.54) is 4.88 Å². The van der Waals surface area contributed by atoms with E-state index in [1.807, 2.05) is 56.3 Å². The summed E-state index contributed by atoms with van der Waals surface area (Å²) in [4.78, 5) is 1.22. The number of benzene rings is 1. The smallest absolute Gasteiger partial charge is 0.135 e. The van der Waals surface area contributed by atoms with E-state index in [1.54, 1.807) is 11.3 Å². The first-order valence-corrected chi connectivity index (χ1v) is 6.14. The lowest BCUT2D eigenvalue weighted by molar-refractivity contribution is 1.06. The molecular weight excluding hydrogens is 230 g/mol. The van der Waals surface area contributed by atoms with E-state index in [9.17, 15) is 0 Å². The zero-order valence-corrected chi connectivity index (χ0v) is 10.6. The van der Waals surface area contributed by atoms with Crippen molar-refractivity contribution in [3.63, 3.8) is 0 Å². The van der Waals surface area contributed by atoms with Gasteiger partial charge in [-0.3, -0.25) is 0 Å². The average molecular weight is 243 g/mol. The van der Waals surface area contributed by atoms with Crippen LogP contribution in [0.3, 0.4) is 0 Å². The van der Waals surface area contributed by atoms with E-state index < -0.39 is 0 Å². The molecule has 2 aromatic rings. The largest absolute Gasteiger partial charge is 0.140 e. The standard InChI is InChI=1S/C13H13N3S/c1-10-8-9-13(17-10)15-16-14-11(2)12-6-4-3-5-7-12/h3-9H,1-2H3. The molecule has 0 amide bonds. The zero-order valence-electron chi connectivity index (χ0n) is 9.79. The van der Waals surface area contributed by atoms with Gasteiger partial charge in [-0.05, 0) is 36.8 Å². The van der Waals surface area contributed by atoms with Crippen LogP contribution in [-0.2, 0) is 0 Å². The van der Waals surface area contributed by atoms with Gasteiger partial charge < -0.3 is 0 Å². The third-order valence-electron chi connectivity index (χ3n) is 2.26. The summed E-state index contributed by atoms with van der Waals surface area (Å²) in [5.74, 6) is 0. The van der Waals surface area contributed by atoms with Crippen LogP contribution in [0, 0.1) is 6.92 Å². The summed E-state index contributed by atoms with van der Waals surface area (Å²) in [5.41, 5.74) is 1.93. The van der Waals surface area contributed by atoms with Crippen molar-refractivity contribution in [2.24, 2.45) is 15.4 Å². The molecule has 17 heavy (non-hydrogen) atoms. The number of hydrogen-bond donors (Lipinski definition) is 0. The van der Waals surface area contributed by atoms with Gasteiger partial charge in [0.2, 0.25) is 0 Å². The molecule has 1 heterocycles. The van der Waals surface area contributed by atoms with Gasteiger partial charge in [0.1, 0.15) is 5.00 Å². The zero-order chi connectivity index (χ0) is 12.1. The highest BCUT2D eigenvalue weighted by Crippen LogP contribution is 2.24. The van der Waals surface area contributed by atoms with Crippen molar-refractivity contribution >= 4 is 22.0 Å². The number of aryl methyl sites for hydroxylation is 1. The van der Waals surface area contributed by atoms with Crippen LogP contribution in [0.25, 0.3) is 0 Å². The minimum absolute atomic E-state index is 0.864. The molecule has 1 aromatic carbocycles. The predicted molar refractivity (Wildman–Crippen MR) is 72.2 cm³/mol.